The number of urea groups is 1. The third kappa shape index (κ3) is 7.65. The summed E-state index contributed by atoms with van der Waals surface area (Å²) in [6, 6.07) is 6.72. The molecule has 0 radical (unpaired) electrons. The SMILES string of the molecule is CC(C)[C@H](NC(=O)COc1ccccc1)C(=O)O[C@@H](C(=O)NC(N)=O)C(C)C. The van der Waals surface area contributed by atoms with Gasteiger partial charge in [0.25, 0.3) is 11.8 Å². The summed E-state index contributed by atoms with van der Waals surface area (Å²) >= 11 is 0. The Morgan fingerprint density at radius 3 is 2.11 bits per heavy atom. The van der Waals surface area contributed by atoms with Gasteiger partial charge in [0, 0.05) is 0 Å². The van der Waals surface area contributed by atoms with Crippen molar-refractivity contribution in [2.24, 2.45) is 17.6 Å². The number of carbonyl (C=O) groups excluding carboxylic acids is 4. The molecule has 154 valence electrons. The van der Waals surface area contributed by atoms with E-state index in [1.54, 1.807) is 52.0 Å². The molecule has 0 unspecified atom stereocenters. The Hall–Kier alpha value is -3.10. The lowest BCUT2D eigenvalue weighted by Crippen LogP contribution is -2.51. The molecule has 9 heteroatoms. The van der Waals surface area contributed by atoms with Gasteiger partial charge >= 0.3 is 12.0 Å². The van der Waals surface area contributed by atoms with Gasteiger partial charge in [-0.25, -0.2) is 9.59 Å². The van der Waals surface area contributed by atoms with Crippen molar-refractivity contribution in [2.75, 3.05) is 6.61 Å². The summed E-state index contributed by atoms with van der Waals surface area (Å²) in [6.45, 7) is 6.46. The predicted octanol–water partition coefficient (Wildman–Crippen LogP) is 0.969. The quantitative estimate of drug-likeness (QED) is 0.535. The number of esters is 1. The first-order valence-corrected chi connectivity index (χ1v) is 8.89. The summed E-state index contributed by atoms with van der Waals surface area (Å²) in [5, 5.41) is 4.44. The van der Waals surface area contributed by atoms with Crippen LogP contribution in [0.1, 0.15) is 27.7 Å². The number of benzene rings is 1. The summed E-state index contributed by atoms with van der Waals surface area (Å²) in [7, 11) is 0. The molecule has 0 saturated heterocycles. The van der Waals surface area contributed by atoms with E-state index < -0.39 is 41.9 Å². The Kier molecular flexibility index (Phi) is 8.94. The Balaban J connectivity index is 2.72. The van der Waals surface area contributed by atoms with Crippen molar-refractivity contribution in [3.05, 3.63) is 30.3 Å². The average molecular weight is 393 g/mol. The van der Waals surface area contributed by atoms with E-state index >= 15 is 0 Å². The standard InChI is InChI=1S/C19H27N3O6/c1-11(2)15(21-14(23)10-27-13-8-6-5-7-9-13)18(25)28-16(12(3)4)17(24)22-19(20)26/h5-9,11-12,15-16H,10H2,1-4H3,(H,21,23)(H3,20,22,24,26)/t15-,16+/m0/s1. The highest BCUT2D eigenvalue weighted by Gasteiger charge is 2.33. The third-order valence-electron chi connectivity index (χ3n) is 3.70. The molecule has 0 saturated carbocycles. The second kappa shape index (κ2) is 10.9. The van der Waals surface area contributed by atoms with Crippen molar-refractivity contribution in [1.82, 2.24) is 10.6 Å². The minimum atomic E-state index is -1.22. The summed E-state index contributed by atoms with van der Waals surface area (Å²) < 4.78 is 10.6. The highest BCUT2D eigenvalue weighted by molar-refractivity contribution is 5.97. The number of amides is 4. The van der Waals surface area contributed by atoms with Crippen molar-refractivity contribution >= 4 is 23.8 Å². The maximum absolute atomic E-state index is 12.5. The van der Waals surface area contributed by atoms with E-state index in [4.69, 9.17) is 15.2 Å². The van der Waals surface area contributed by atoms with Gasteiger partial charge in [0.2, 0.25) is 0 Å². The fourth-order valence-electron chi connectivity index (χ4n) is 2.26. The zero-order valence-corrected chi connectivity index (χ0v) is 16.4. The van der Waals surface area contributed by atoms with Gasteiger partial charge in [0.15, 0.2) is 12.7 Å². The summed E-state index contributed by atoms with van der Waals surface area (Å²) in [4.78, 5) is 47.6. The Morgan fingerprint density at radius 2 is 1.61 bits per heavy atom. The number of ether oxygens (including phenoxy) is 2. The molecule has 2 atom stereocenters. The molecular weight excluding hydrogens is 366 g/mol. The third-order valence-corrected chi connectivity index (χ3v) is 3.70. The molecule has 0 fully saturated rings. The van der Waals surface area contributed by atoms with Gasteiger partial charge in [-0.15, -0.1) is 0 Å². The van der Waals surface area contributed by atoms with Crippen LogP contribution in [-0.4, -0.2) is 42.6 Å². The second-order valence-electron chi connectivity index (χ2n) is 6.85. The number of hydrogen-bond acceptors (Lipinski definition) is 6. The van der Waals surface area contributed by atoms with Crippen LogP contribution < -0.4 is 21.1 Å². The van der Waals surface area contributed by atoms with Crippen molar-refractivity contribution in [3.63, 3.8) is 0 Å². The molecule has 0 bridgehead atoms. The lowest BCUT2D eigenvalue weighted by atomic mass is 10.0. The van der Waals surface area contributed by atoms with Crippen molar-refractivity contribution in [3.8, 4) is 5.75 Å². The molecule has 1 aromatic carbocycles. The van der Waals surface area contributed by atoms with E-state index in [9.17, 15) is 19.2 Å². The number of nitrogens with one attached hydrogen (secondary N) is 2. The fourth-order valence-corrected chi connectivity index (χ4v) is 2.26. The highest BCUT2D eigenvalue weighted by Crippen LogP contribution is 2.12. The van der Waals surface area contributed by atoms with Gasteiger partial charge in [-0.3, -0.25) is 14.9 Å². The first kappa shape index (κ1) is 22.9. The van der Waals surface area contributed by atoms with Crippen molar-refractivity contribution in [1.29, 1.82) is 0 Å². The maximum atomic E-state index is 12.5. The maximum Gasteiger partial charge on any atom is 0.329 e. The van der Waals surface area contributed by atoms with E-state index in [1.165, 1.54) is 0 Å². The number of para-hydroxylation sites is 1. The van der Waals surface area contributed by atoms with Crippen LogP contribution in [0.25, 0.3) is 0 Å². The zero-order chi connectivity index (χ0) is 21.3. The molecule has 4 N–H and O–H groups in total. The highest BCUT2D eigenvalue weighted by atomic mass is 16.6. The normalized spacial score (nSPS) is 12.8. The molecule has 1 aromatic rings. The number of carbonyl (C=O) groups is 4. The molecule has 28 heavy (non-hydrogen) atoms. The van der Waals surface area contributed by atoms with Gasteiger partial charge < -0.3 is 20.5 Å². The molecule has 0 aromatic heterocycles. The van der Waals surface area contributed by atoms with Crippen LogP contribution in [0.4, 0.5) is 4.79 Å². The van der Waals surface area contributed by atoms with Crippen molar-refractivity contribution < 1.29 is 28.7 Å². The van der Waals surface area contributed by atoms with Crippen LogP contribution in [-0.2, 0) is 19.1 Å². The number of imide groups is 1. The lowest BCUT2D eigenvalue weighted by Gasteiger charge is -2.25. The number of nitrogens with two attached hydrogens (primary N) is 1. The van der Waals surface area contributed by atoms with Gasteiger partial charge in [-0.1, -0.05) is 45.9 Å². The van der Waals surface area contributed by atoms with Crippen LogP contribution in [0.2, 0.25) is 0 Å². The molecule has 1 rings (SSSR count). The Labute approximate surface area is 163 Å². The summed E-state index contributed by atoms with van der Waals surface area (Å²) in [6.07, 6.45) is -1.22. The van der Waals surface area contributed by atoms with Crippen LogP contribution in [0.15, 0.2) is 30.3 Å². The largest absolute Gasteiger partial charge is 0.484 e. The molecule has 0 aliphatic carbocycles. The molecule has 0 heterocycles. The topological polar surface area (TPSA) is 137 Å². The van der Waals surface area contributed by atoms with E-state index in [0.717, 1.165) is 0 Å². The van der Waals surface area contributed by atoms with Crippen LogP contribution >= 0.6 is 0 Å². The van der Waals surface area contributed by atoms with Gasteiger partial charge in [-0.2, -0.15) is 0 Å². The minimum Gasteiger partial charge on any atom is -0.484 e. The minimum absolute atomic E-state index is 0.281. The Bertz CT molecular complexity index is 690. The average Bonchev–Trinajstić information content (AvgIpc) is 2.61. The van der Waals surface area contributed by atoms with Gasteiger partial charge in [0.05, 0.1) is 0 Å². The molecule has 0 spiro atoms. The second-order valence-corrected chi connectivity index (χ2v) is 6.85. The Morgan fingerprint density at radius 1 is 1.00 bits per heavy atom. The molecular formula is C19H27N3O6. The number of rotatable bonds is 9. The van der Waals surface area contributed by atoms with E-state index in [-0.39, 0.29) is 12.5 Å². The first-order chi connectivity index (χ1) is 13.1. The fraction of sp³-hybridized carbons (Fsp3) is 0.474. The number of primary amides is 1. The molecule has 9 nitrogen and oxygen atoms in total. The van der Waals surface area contributed by atoms with E-state index in [0.29, 0.717) is 5.75 Å². The zero-order valence-electron chi connectivity index (χ0n) is 16.4. The van der Waals surface area contributed by atoms with Gasteiger partial charge in [0.1, 0.15) is 11.8 Å². The first-order valence-electron chi connectivity index (χ1n) is 8.89. The van der Waals surface area contributed by atoms with Crippen LogP contribution in [0.3, 0.4) is 0 Å². The number of hydrogen-bond donors (Lipinski definition) is 3. The van der Waals surface area contributed by atoms with Crippen molar-refractivity contribution in [2.45, 2.75) is 39.8 Å². The predicted molar refractivity (Wildman–Crippen MR) is 101 cm³/mol. The molecule has 0 aliphatic heterocycles. The summed E-state index contributed by atoms with van der Waals surface area (Å²) in [5.41, 5.74) is 4.94. The monoisotopic (exact) mass is 393 g/mol. The van der Waals surface area contributed by atoms with Crippen LogP contribution in [0.5, 0.6) is 5.75 Å². The molecule has 0 aliphatic rings. The lowest BCUT2D eigenvalue weighted by molar-refractivity contribution is -0.162. The van der Waals surface area contributed by atoms with E-state index in [2.05, 4.69) is 5.32 Å². The smallest absolute Gasteiger partial charge is 0.329 e. The van der Waals surface area contributed by atoms with Gasteiger partial charge in [-0.05, 0) is 24.0 Å². The van der Waals surface area contributed by atoms with E-state index in [1.807, 2.05) is 11.4 Å². The molecule has 4 amide bonds. The summed E-state index contributed by atoms with van der Waals surface area (Å²) in [5.74, 6) is -2.32. The van der Waals surface area contributed by atoms with Crippen LogP contribution in [0, 0.1) is 11.8 Å².